The Labute approximate surface area is 110 Å². The Bertz CT molecular complexity index is 451. The van der Waals surface area contributed by atoms with Crippen LogP contribution in [0.4, 0.5) is 0 Å². The number of fused-ring (bicyclic) bond motifs is 2. The lowest BCUT2D eigenvalue weighted by Crippen LogP contribution is -2.45. The number of piperidine rings is 1. The van der Waals surface area contributed by atoms with Crippen molar-refractivity contribution in [2.45, 2.75) is 57.9 Å². The van der Waals surface area contributed by atoms with Crippen LogP contribution in [0.15, 0.2) is 0 Å². The number of likely N-dealkylation sites (tertiary alicyclic amines) is 1. The van der Waals surface area contributed by atoms with Gasteiger partial charge in [0, 0.05) is 24.2 Å². The number of aromatic nitrogens is 2. The van der Waals surface area contributed by atoms with Crippen molar-refractivity contribution in [2.75, 3.05) is 13.1 Å². The van der Waals surface area contributed by atoms with Crippen LogP contribution in [0, 0.1) is 6.92 Å². The van der Waals surface area contributed by atoms with E-state index in [0.717, 1.165) is 0 Å². The molecule has 0 radical (unpaired) electrons. The molecule has 0 bridgehead atoms. The summed E-state index contributed by atoms with van der Waals surface area (Å²) < 4.78 is 2.17. The second kappa shape index (κ2) is 4.09. The number of aryl methyl sites for hydroxylation is 2. The molecule has 1 aliphatic carbocycles. The van der Waals surface area contributed by atoms with Gasteiger partial charge < -0.3 is 4.90 Å². The highest BCUT2D eigenvalue weighted by molar-refractivity contribution is 5.38. The number of hydrogen-bond acceptors (Lipinski definition) is 2. The average molecular weight is 247 g/mol. The van der Waals surface area contributed by atoms with Gasteiger partial charge in [0.1, 0.15) is 0 Å². The molecule has 0 aromatic carbocycles. The molecule has 1 spiro atoms. The van der Waals surface area contributed by atoms with Crippen LogP contribution < -0.4 is 0 Å². The molecule has 1 fully saturated rings. The maximum absolute atomic E-state index is 4.64. The molecule has 0 N–H and O–H groups in total. The number of rotatable bonds is 1. The summed E-state index contributed by atoms with van der Waals surface area (Å²) in [6.07, 6.45) is 5.23. The van der Waals surface area contributed by atoms with Crippen LogP contribution in [0.3, 0.4) is 0 Å². The molecule has 0 atom stereocenters. The predicted molar refractivity (Wildman–Crippen MR) is 73.9 cm³/mol. The Kier molecular flexibility index (Phi) is 2.77. The quantitative estimate of drug-likeness (QED) is 0.760. The number of nitrogens with zero attached hydrogens (tertiary/aromatic N) is 3. The Morgan fingerprint density at radius 2 is 1.83 bits per heavy atom. The van der Waals surface area contributed by atoms with Crippen LogP contribution in [-0.4, -0.2) is 33.8 Å². The van der Waals surface area contributed by atoms with Gasteiger partial charge in [-0.1, -0.05) is 0 Å². The van der Waals surface area contributed by atoms with Crippen LogP contribution in [0.1, 0.15) is 50.1 Å². The Morgan fingerprint density at radius 1 is 1.17 bits per heavy atom. The summed E-state index contributed by atoms with van der Waals surface area (Å²) in [4.78, 5) is 2.62. The first kappa shape index (κ1) is 12.2. The molecule has 18 heavy (non-hydrogen) atoms. The van der Waals surface area contributed by atoms with Gasteiger partial charge in [0.15, 0.2) is 0 Å². The van der Waals surface area contributed by atoms with Gasteiger partial charge in [0.25, 0.3) is 0 Å². The van der Waals surface area contributed by atoms with E-state index < -0.39 is 0 Å². The van der Waals surface area contributed by atoms with E-state index in [4.69, 9.17) is 0 Å². The average Bonchev–Trinajstić information content (AvgIpc) is 2.82. The predicted octanol–water partition coefficient (Wildman–Crippen LogP) is 2.42. The maximum Gasteiger partial charge on any atom is 0.0628 e. The van der Waals surface area contributed by atoms with Crippen molar-refractivity contribution < 1.29 is 0 Å². The van der Waals surface area contributed by atoms with E-state index in [-0.39, 0.29) is 0 Å². The minimum Gasteiger partial charge on any atom is -0.301 e. The van der Waals surface area contributed by atoms with Crippen molar-refractivity contribution in [3.05, 3.63) is 17.0 Å². The van der Waals surface area contributed by atoms with E-state index in [0.29, 0.717) is 11.5 Å². The molecule has 2 aliphatic rings. The zero-order valence-electron chi connectivity index (χ0n) is 12.2. The minimum atomic E-state index is 0.441. The van der Waals surface area contributed by atoms with Crippen LogP contribution in [0.2, 0.25) is 0 Å². The maximum atomic E-state index is 4.64. The van der Waals surface area contributed by atoms with Gasteiger partial charge in [0.05, 0.1) is 5.69 Å². The first-order chi connectivity index (χ1) is 8.53. The molecule has 1 saturated heterocycles. The molecular formula is C15H25N3. The molecule has 0 amide bonds. The monoisotopic (exact) mass is 247 g/mol. The topological polar surface area (TPSA) is 21.1 Å². The van der Waals surface area contributed by atoms with Crippen LogP contribution in [0.5, 0.6) is 0 Å². The highest BCUT2D eigenvalue weighted by atomic mass is 15.3. The fraction of sp³-hybridized carbons (Fsp3) is 0.800. The van der Waals surface area contributed by atoms with Crippen molar-refractivity contribution in [3.63, 3.8) is 0 Å². The molecule has 3 nitrogen and oxygen atoms in total. The van der Waals surface area contributed by atoms with Crippen molar-refractivity contribution in [3.8, 4) is 0 Å². The zero-order valence-corrected chi connectivity index (χ0v) is 12.2. The van der Waals surface area contributed by atoms with Crippen molar-refractivity contribution >= 4 is 0 Å². The smallest absolute Gasteiger partial charge is 0.0628 e. The van der Waals surface area contributed by atoms with E-state index in [1.54, 1.807) is 11.3 Å². The summed E-state index contributed by atoms with van der Waals surface area (Å²) in [7, 11) is 2.13. The zero-order chi connectivity index (χ0) is 12.9. The molecule has 1 aliphatic heterocycles. The normalized spacial score (nSPS) is 22.9. The molecule has 0 unspecified atom stereocenters. The summed E-state index contributed by atoms with van der Waals surface area (Å²) in [5, 5.41) is 4.64. The molecular weight excluding hydrogens is 222 g/mol. The Hall–Kier alpha value is -0.830. The standard InChI is InChI=1S/C15H25N3/c1-11(2)18-9-7-15(8-10-18)6-5-13-12(3)16-17(4)14(13)15/h11H,5-10H2,1-4H3. The fourth-order valence-electron chi connectivity index (χ4n) is 4.10. The van der Waals surface area contributed by atoms with Crippen LogP contribution >= 0.6 is 0 Å². The molecule has 0 saturated carbocycles. The van der Waals surface area contributed by atoms with E-state index in [1.165, 1.54) is 44.5 Å². The summed E-state index contributed by atoms with van der Waals surface area (Å²) in [5.41, 5.74) is 4.81. The van der Waals surface area contributed by atoms with Gasteiger partial charge in [-0.05, 0) is 65.1 Å². The third kappa shape index (κ3) is 1.63. The molecule has 1 aromatic rings. The summed E-state index contributed by atoms with van der Waals surface area (Å²) in [6, 6.07) is 0.691. The van der Waals surface area contributed by atoms with Gasteiger partial charge in [0.2, 0.25) is 0 Å². The van der Waals surface area contributed by atoms with Crippen molar-refractivity contribution in [1.29, 1.82) is 0 Å². The molecule has 1 aromatic heterocycles. The largest absolute Gasteiger partial charge is 0.301 e. The second-order valence-electron chi connectivity index (χ2n) is 6.45. The SMILES string of the molecule is Cc1nn(C)c2c1CCC21CCN(C(C)C)CC1. The van der Waals surface area contributed by atoms with E-state index in [2.05, 4.69) is 42.5 Å². The molecule has 2 heterocycles. The highest BCUT2D eigenvalue weighted by Gasteiger charge is 2.44. The van der Waals surface area contributed by atoms with Gasteiger partial charge >= 0.3 is 0 Å². The van der Waals surface area contributed by atoms with Gasteiger partial charge in [-0.25, -0.2) is 0 Å². The molecule has 3 heteroatoms. The van der Waals surface area contributed by atoms with E-state index >= 15 is 0 Å². The lowest BCUT2D eigenvalue weighted by atomic mass is 9.76. The van der Waals surface area contributed by atoms with Gasteiger partial charge in [-0.15, -0.1) is 0 Å². The first-order valence-corrected chi connectivity index (χ1v) is 7.30. The summed E-state index contributed by atoms with van der Waals surface area (Å²) in [6.45, 7) is 9.29. The van der Waals surface area contributed by atoms with Gasteiger partial charge in [-0.2, -0.15) is 5.10 Å². The number of hydrogen-bond donors (Lipinski definition) is 0. The fourth-order valence-corrected chi connectivity index (χ4v) is 4.10. The summed E-state index contributed by atoms with van der Waals surface area (Å²) in [5.74, 6) is 0. The third-order valence-electron chi connectivity index (χ3n) is 5.19. The molecule has 3 rings (SSSR count). The second-order valence-corrected chi connectivity index (χ2v) is 6.45. The lowest BCUT2D eigenvalue weighted by molar-refractivity contribution is 0.125. The van der Waals surface area contributed by atoms with Crippen molar-refractivity contribution in [2.24, 2.45) is 7.05 Å². The lowest BCUT2D eigenvalue weighted by Gasteiger charge is -2.41. The highest BCUT2D eigenvalue weighted by Crippen LogP contribution is 2.47. The van der Waals surface area contributed by atoms with Crippen LogP contribution in [-0.2, 0) is 18.9 Å². The first-order valence-electron chi connectivity index (χ1n) is 7.30. The summed E-state index contributed by atoms with van der Waals surface area (Å²) >= 11 is 0. The van der Waals surface area contributed by atoms with Crippen LogP contribution in [0.25, 0.3) is 0 Å². The third-order valence-corrected chi connectivity index (χ3v) is 5.19. The van der Waals surface area contributed by atoms with Gasteiger partial charge in [-0.3, -0.25) is 4.68 Å². The Morgan fingerprint density at radius 3 is 2.44 bits per heavy atom. The van der Waals surface area contributed by atoms with E-state index in [9.17, 15) is 0 Å². The molecule has 100 valence electrons. The van der Waals surface area contributed by atoms with E-state index in [1.807, 2.05) is 0 Å². The Balaban J connectivity index is 1.88. The minimum absolute atomic E-state index is 0.441. The van der Waals surface area contributed by atoms with Crippen molar-refractivity contribution in [1.82, 2.24) is 14.7 Å².